The SMILES string of the molecule is Cc1nc(C=N[S+]([O-])C(C)(C)C)n(C(C)C)n1. The fraction of sp³-hybridized carbons (Fsp3) is 0.727. The Bertz CT molecular complexity index is 406. The molecule has 0 aliphatic rings. The average molecular weight is 256 g/mol. The summed E-state index contributed by atoms with van der Waals surface area (Å²) in [6.45, 7) is 11.5. The Labute approximate surface area is 106 Å². The van der Waals surface area contributed by atoms with Crippen LogP contribution in [0, 0.1) is 6.92 Å². The third-order valence-corrected chi connectivity index (χ3v) is 3.39. The van der Waals surface area contributed by atoms with Crippen LogP contribution in [-0.2, 0) is 11.4 Å². The lowest BCUT2D eigenvalue weighted by Gasteiger charge is -2.17. The summed E-state index contributed by atoms with van der Waals surface area (Å²) in [5.74, 6) is 1.34. The van der Waals surface area contributed by atoms with E-state index >= 15 is 0 Å². The summed E-state index contributed by atoms with van der Waals surface area (Å²) in [6, 6.07) is 0.209. The Morgan fingerprint density at radius 3 is 2.47 bits per heavy atom. The molecule has 0 aromatic carbocycles. The maximum Gasteiger partial charge on any atom is 0.174 e. The van der Waals surface area contributed by atoms with Gasteiger partial charge in [-0.3, -0.25) is 0 Å². The Balaban J connectivity index is 2.92. The highest BCUT2D eigenvalue weighted by atomic mass is 32.2. The fourth-order valence-electron chi connectivity index (χ4n) is 1.17. The van der Waals surface area contributed by atoms with E-state index in [9.17, 15) is 4.55 Å². The summed E-state index contributed by atoms with van der Waals surface area (Å²) in [5, 5.41) is 4.27. The summed E-state index contributed by atoms with van der Waals surface area (Å²) in [6.07, 6.45) is 1.54. The second-order valence-electron chi connectivity index (χ2n) is 5.15. The summed E-state index contributed by atoms with van der Waals surface area (Å²) in [4.78, 5) is 4.25. The normalized spacial score (nSPS) is 14.8. The molecule has 1 aromatic rings. The topological polar surface area (TPSA) is 66.1 Å². The Hall–Kier alpha value is -0.880. The highest BCUT2D eigenvalue weighted by molar-refractivity contribution is 7.91. The second-order valence-corrected chi connectivity index (χ2v) is 7.09. The zero-order chi connectivity index (χ0) is 13.2. The molecular weight excluding hydrogens is 236 g/mol. The molecule has 6 heteroatoms. The molecule has 1 rings (SSSR count). The fourth-order valence-corrected chi connectivity index (χ4v) is 1.67. The van der Waals surface area contributed by atoms with Crippen LogP contribution in [-0.4, -0.2) is 30.3 Å². The third-order valence-electron chi connectivity index (χ3n) is 2.04. The van der Waals surface area contributed by atoms with E-state index in [0.29, 0.717) is 11.6 Å². The van der Waals surface area contributed by atoms with Crippen molar-refractivity contribution < 1.29 is 4.55 Å². The van der Waals surface area contributed by atoms with E-state index in [4.69, 9.17) is 0 Å². The molecule has 1 atom stereocenters. The van der Waals surface area contributed by atoms with Gasteiger partial charge in [0.1, 0.15) is 28.1 Å². The zero-order valence-electron chi connectivity index (χ0n) is 11.3. The number of nitrogens with zero attached hydrogens (tertiary/aromatic N) is 4. The standard InChI is InChI=1S/C11H20N4OS/c1-8(2)15-10(13-9(3)14-15)7-12-17(16)11(4,5)6/h7-8H,1-6H3. The van der Waals surface area contributed by atoms with Gasteiger partial charge in [0, 0.05) is 6.04 Å². The molecule has 0 fully saturated rings. The summed E-state index contributed by atoms with van der Waals surface area (Å²) >= 11 is -1.26. The Morgan fingerprint density at radius 2 is 2.00 bits per heavy atom. The molecule has 96 valence electrons. The van der Waals surface area contributed by atoms with Gasteiger partial charge in [0.05, 0.1) is 0 Å². The molecular formula is C11H20N4OS. The first-order valence-electron chi connectivity index (χ1n) is 5.61. The van der Waals surface area contributed by atoms with E-state index in [1.54, 1.807) is 10.9 Å². The van der Waals surface area contributed by atoms with Crippen molar-refractivity contribution in [3.05, 3.63) is 11.6 Å². The predicted molar refractivity (Wildman–Crippen MR) is 70.6 cm³/mol. The van der Waals surface area contributed by atoms with E-state index in [1.165, 1.54) is 0 Å². The van der Waals surface area contributed by atoms with E-state index in [-0.39, 0.29) is 10.8 Å². The molecule has 0 aliphatic carbocycles. The van der Waals surface area contributed by atoms with Crippen molar-refractivity contribution in [2.45, 2.75) is 52.3 Å². The lowest BCUT2D eigenvalue weighted by molar-refractivity contribution is 0.525. The summed E-state index contributed by atoms with van der Waals surface area (Å²) in [5.41, 5.74) is 0. The van der Waals surface area contributed by atoms with Crippen LogP contribution in [0.2, 0.25) is 0 Å². The van der Waals surface area contributed by atoms with Gasteiger partial charge in [-0.25, -0.2) is 9.67 Å². The smallest absolute Gasteiger partial charge is 0.174 e. The van der Waals surface area contributed by atoms with Crippen LogP contribution in [0.1, 0.15) is 52.3 Å². The summed E-state index contributed by atoms with van der Waals surface area (Å²) < 4.78 is 17.3. The molecule has 0 saturated heterocycles. The van der Waals surface area contributed by atoms with Crippen LogP contribution in [0.4, 0.5) is 0 Å². The van der Waals surface area contributed by atoms with Gasteiger partial charge in [-0.1, -0.05) is 4.40 Å². The van der Waals surface area contributed by atoms with Crippen molar-refractivity contribution in [1.29, 1.82) is 0 Å². The number of rotatable bonds is 3. The minimum atomic E-state index is -1.26. The highest BCUT2D eigenvalue weighted by Gasteiger charge is 2.26. The summed E-state index contributed by atoms with van der Waals surface area (Å²) in [7, 11) is 0. The molecule has 5 nitrogen and oxygen atoms in total. The molecule has 0 spiro atoms. The molecule has 1 unspecified atom stereocenters. The van der Waals surface area contributed by atoms with Gasteiger partial charge in [-0.05, 0) is 41.5 Å². The van der Waals surface area contributed by atoms with Crippen molar-refractivity contribution in [3.8, 4) is 0 Å². The van der Waals surface area contributed by atoms with Crippen molar-refractivity contribution in [2.75, 3.05) is 0 Å². The number of aryl methyl sites for hydroxylation is 1. The van der Waals surface area contributed by atoms with Crippen LogP contribution < -0.4 is 0 Å². The zero-order valence-corrected chi connectivity index (χ0v) is 12.1. The monoisotopic (exact) mass is 256 g/mol. The molecule has 1 heterocycles. The van der Waals surface area contributed by atoms with Gasteiger partial charge < -0.3 is 4.55 Å². The lowest BCUT2D eigenvalue weighted by atomic mass is 10.3. The Morgan fingerprint density at radius 1 is 1.41 bits per heavy atom. The van der Waals surface area contributed by atoms with Crippen LogP contribution >= 0.6 is 0 Å². The maximum atomic E-state index is 11.8. The van der Waals surface area contributed by atoms with Crippen LogP contribution in [0.15, 0.2) is 4.40 Å². The van der Waals surface area contributed by atoms with Crippen LogP contribution in [0.25, 0.3) is 0 Å². The average Bonchev–Trinajstić information content (AvgIpc) is 2.54. The molecule has 1 aromatic heterocycles. The maximum absolute atomic E-state index is 11.8. The van der Waals surface area contributed by atoms with Crippen molar-refractivity contribution in [3.63, 3.8) is 0 Å². The van der Waals surface area contributed by atoms with Crippen molar-refractivity contribution in [1.82, 2.24) is 14.8 Å². The number of hydrogen-bond acceptors (Lipinski definition) is 4. The lowest BCUT2D eigenvalue weighted by Crippen LogP contribution is -2.26. The van der Waals surface area contributed by atoms with Gasteiger partial charge in [-0.2, -0.15) is 5.10 Å². The first-order valence-corrected chi connectivity index (χ1v) is 6.71. The van der Waals surface area contributed by atoms with Gasteiger partial charge in [0.2, 0.25) is 0 Å². The van der Waals surface area contributed by atoms with Crippen LogP contribution in [0.3, 0.4) is 0 Å². The highest BCUT2D eigenvalue weighted by Crippen LogP contribution is 2.17. The molecule has 0 aliphatic heterocycles. The second kappa shape index (κ2) is 5.18. The Kier molecular flexibility index (Phi) is 4.32. The van der Waals surface area contributed by atoms with Gasteiger partial charge in [0.15, 0.2) is 5.82 Å². The largest absolute Gasteiger partial charge is 0.591 e. The first-order chi connectivity index (χ1) is 7.71. The molecule has 0 amide bonds. The molecule has 0 bridgehead atoms. The minimum absolute atomic E-state index is 0.209. The van der Waals surface area contributed by atoms with E-state index in [1.807, 2.05) is 41.5 Å². The van der Waals surface area contributed by atoms with E-state index in [2.05, 4.69) is 14.5 Å². The molecule has 0 saturated carbocycles. The predicted octanol–water partition coefficient (Wildman–Crippen LogP) is 2.05. The van der Waals surface area contributed by atoms with Crippen molar-refractivity contribution >= 4 is 17.6 Å². The van der Waals surface area contributed by atoms with Crippen LogP contribution in [0.5, 0.6) is 0 Å². The van der Waals surface area contributed by atoms with Crippen molar-refractivity contribution in [2.24, 2.45) is 4.40 Å². The molecule has 17 heavy (non-hydrogen) atoms. The third kappa shape index (κ3) is 3.81. The van der Waals surface area contributed by atoms with Gasteiger partial charge in [-0.15, -0.1) is 0 Å². The van der Waals surface area contributed by atoms with E-state index < -0.39 is 11.4 Å². The number of hydrogen-bond donors (Lipinski definition) is 0. The first kappa shape index (κ1) is 14.2. The number of aromatic nitrogens is 3. The quantitative estimate of drug-likeness (QED) is 0.614. The van der Waals surface area contributed by atoms with Gasteiger partial charge >= 0.3 is 0 Å². The molecule has 0 radical (unpaired) electrons. The minimum Gasteiger partial charge on any atom is -0.591 e. The van der Waals surface area contributed by atoms with E-state index in [0.717, 1.165) is 0 Å². The molecule has 0 N–H and O–H groups in total. The van der Waals surface area contributed by atoms with Gasteiger partial charge in [0.25, 0.3) is 0 Å².